The first-order valence-corrected chi connectivity index (χ1v) is 7.18. The Kier molecular flexibility index (Phi) is 3.95. The Bertz CT molecular complexity index is 379. The molecule has 0 aromatic carbocycles. The van der Waals surface area contributed by atoms with E-state index < -0.39 is 10.1 Å². The molecule has 1 rings (SSSR count). The fraction of sp³-hybridized carbons (Fsp3) is 0.556. The molecule has 1 aromatic rings. The Morgan fingerprint density at radius 2 is 2.21 bits per heavy atom. The second kappa shape index (κ2) is 4.79. The average molecular weight is 234 g/mol. The molecule has 0 N–H and O–H groups in total. The molecule has 0 spiro atoms. The van der Waals surface area contributed by atoms with Crippen molar-refractivity contribution in [1.29, 1.82) is 0 Å². The van der Waals surface area contributed by atoms with Gasteiger partial charge in [0.2, 0.25) is 0 Å². The molecular formula is C9H14O3S2. The first-order valence-electron chi connectivity index (χ1n) is 4.48. The van der Waals surface area contributed by atoms with E-state index in [9.17, 15) is 8.42 Å². The summed E-state index contributed by atoms with van der Waals surface area (Å²) in [5.41, 5.74) is 0.988. The van der Waals surface area contributed by atoms with Crippen molar-refractivity contribution in [2.45, 2.75) is 26.2 Å². The molecule has 0 aliphatic carbocycles. The summed E-state index contributed by atoms with van der Waals surface area (Å²) in [6.07, 6.45) is 4.09. The van der Waals surface area contributed by atoms with E-state index in [2.05, 4.69) is 6.92 Å². The van der Waals surface area contributed by atoms with Crippen LogP contribution in [0, 0.1) is 0 Å². The van der Waals surface area contributed by atoms with E-state index in [1.807, 2.05) is 11.4 Å². The number of aryl methyl sites for hydroxylation is 1. The highest BCUT2D eigenvalue weighted by atomic mass is 32.2. The van der Waals surface area contributed by atoms with Gasteiger partial charge in [-0.25, -0.2) is 0 Å². The van der Waals surface area contributed by atoms with Crippen molar-refractivity contribution in [2.75, 3.05) is 6.26 Å². The van der Waals surface area contributed by atoms with E-state index in [1.165, 1.54) is 11.3 Å². The largest absolute Gasteiger partial charge is 0.371 e. The molecule has 0 fully saturated rings. The van der Waals surface area contributed by atoms with Crippen molar-refractivity contribution in [3.05, 3.63) is 17.0 Å². The molecule has 0 atom stereocenters. The predicted octanol–water partition coefficient (Wildman–Crippen LogP) is 2.43. The Morgan fingerprint density at radius 1 is 1.50 bits per heavy atom. The maximum absolute atomic E-state index is 10.9. The fourth-order valence-corrected chi connectivity index (χ4v) is 2.67. The van der Waals surface area contributed by atoms with E-state index in [-0.39, 0.29) is 0 Å². The van der Waals surface area contributed by atoms with Gasteiger partial charge >= 0.3 is 10.1 Å². The van der Waals surface area contributed by atoms with Crippen molar-refractivity contribution in [1.82, 2.24) is 0 Å². The molecule has 80 valence electrons. The lowest BCUT2D eigenvalue weighted by atomic mass is 10.1. The lowest BCUT2D eigenvalue weighted by Gasteiger charge is -2.02. The minimum absolute atomic E-state index is 0.515. The van der Waals surface area contributed by atoms with Crippen LogP contribution in [0.1, 0.15) is 25.3 Å². The monoisotopic (exact) mass is 234 g/mol. The van der Waals surface area contributed by atoms with E-state index >= 15 is 0 Å². The Labute approximate surface area is 88.8 Å². The van der Waals surface area contributed by atoms with Gasteiger partial charge in [0.1, 0.15) is 0 Å². The molecular weight excluding hydrogens is 220 g/mol. The van der Waals surface area contributed by atoms with Gasteiger partial charge in [-0.1, -0.05) is 13.3 Å². The number of thiophene rings is 1. The van der Waals surface area contributed by atoms with Crippen LogP contribution in [0.25, 0.3) is 0 Å². The lowest BCUT2D eigenvalue weighted by Crippen LogP contribution is -2.05. The third-order valence-electron chi connectivity index (χ3n) is 1.73. The van der Waals surface area contributed by atoms with E-state index in [1.54, 1.807) is 0 Å². The van der Waals surface area contributed by atoms with Gasteiger partial charge in [-0.15, -0.1) is 11.3 Å². The molecule has 0 saturated heterocycles. The van der Waals surface area contributed by atoms with E-state index in [0.717, 1.165) is 31.1 Å². The summed E-state index contributed by atoms with van der Waals surface area (Å²) in [6, 6.07) is 1.92. The van der Waals surface area contributed by atoms with Crippen LogP contribution in [0.4, 0.5) is 0 Å². The maximum Gasteiger partial charge on any atom is 0.307 e. The van der Waals surface area contributed by atoms with Crippen molar-refractivity contribution >= 4 is 21.5 Å². The van der Waals surface area contributed by atoms with Gasteiger partial charge in [0.15, 0.2) is 5.06 Å². The van der Waals surface area contributed by atoms with Crippen LogP contribution in [0.5, 0.6) is 5.06 Å². The molecule has 14 heavy (non-hydrogen) atoms. The van der Waals surface area contributed by atoms with Crippen molar-refractivity contribution < 1.29 is 12.6 Å². The van der Waals surface area contributed by atoms with Crippen LogP contribution < -0.4 is 4.18 Å². The van der Waals surface area contributed by atoms with Gasteiger partial charge in [0, 0.05) is 5.56 Å². The van der Waals surface area contributed by atoms with Crippen molar-refractivity contribution in [3.63, 3.8) is 0 Å². The maximum atomic E-state index is 10.9. The van der Waals surface area contributed by atoms with Crippen LogP contribution in [-0.4, -0.2) is 14.7 Å². The molecule has 0 unspecified atom stereocenters. The first-order chi connectivity index (χ1) is 6.53. The number of rotatable bonds is 5. The van der Waals surface area contributed by atoms with Gasteiger partial charge in [-0.05, 0) is 24.3 Å². The molecule has 0 saturated carbocycles. The molecule has 3 nitrogen and oxygen atoms in total. The summed E-state index contributed by atoms with van der Waals surface area (Å²) in [6.45, 7) is 2.10. The normalized spacial score (nSPS) is 11.6. The van der Waals surface area contributed by atoms with Crippen LogP contribution in [-0.2, 0) is 16.5 Å². The zero-order chi connectivity index (χ0) is 10.6. The zero-order valence-electron chi connectivity index (χ0n) is 8.32. The predicted molar refractivity (Wildman–Crippen MR) is 58.4 cm³/mol. The summed E-state index contributed by atoms with van der Waals surface area (Å²) in [7, 11) is -3.38. The van der Waals surface area contributed by atoms with Gasteiger partial charge in [-0.2, -0.15) is 8.42 Å². The Hall–Kier alpha value is -0.550. The summed E-state index contributed by atoms with van der Waals surface area (Å²) in [5.74, 6) is 0. The lowest BCUT2D eigenvalue weighted by molar-refractivity contribution is 0.496. The van der Waals surface area contributed by atoms with Gasteiger partial charge < -0.3 is 4.18 Å². The number of hydrogen-bond donors (Lipinski definition) is 0. The first kappa shape index (κ1) is 11.5. The molecule has 0 amide bonds. The van der Waals surface area contributed by atoms with Crippen LogP contribution in [0.15, 0.2) is 11.4 Å². The van der Waals surface area contributed by atoms with Crippen molar-refractivity contribution in [3.8, 4) is 5.06 Å². The van der Waals surface area contributed by atoms with E-state index in [0.29, 0.717) is 5.06 Å². The number of unbranched alkanes of at least 4 members (excludes halogenated alkanes) is 1. The van der Waals surface area contributed by atoms with Gasteiger partial charge in [0.25, 0.3) is 0 Å². The fourth-order valence-electron chi connectivity index (χ4n) is 1.08. The second-order valence-electron chi connectivity index (χ2n) is 3.12. The molecule has 1 heterocycles. The van der Waals surface area contributed by atoms with E-state index in [4.69, 9.17) is 4.18 Å². The molecule has 0 aliphatic heterocycles. The van der Waals surface area contributed by atoms with Gasteiger partial charge in [-0.3, -0.25) is 0 Å². The quantitative estimate of drug-likeness (QED) is 0.735. The zero-order valence-corrected chi connectivity index (χ0v) is 9.95. The Balaban J connectivity index is 2.72. The highest BCUT2D eigenvalue weighted by molar-refractivity contribution is 7.86. The standard InChI is InChI=1S/C9H14O3S2/c1-3-4-5-8-6-7-13-9(8)12-14(2,10)11/h6-7H,3-5H2,1-2H3. The SMILES string of the molecule is CCCCc1ccsc1OS(C)(=O)=O. The van der Waals surface area contributed by atoms with Crippen LogP contribution >= 0.6 is 11.3 Å². The van der Waals surface area contributed by atoms with Crippen LogP contribution in [0.3, 0.4) is 0 Å². The minimum Gasteiger partial charge on any atom is -0.371 e. The van der Waals surface area contributed by atoms with Gasteiger partial charge in [0.05, 0.1) is 6.26 Å². The van der Waals surface area contributed by atoms with Crippen molar-refractivity contribution in [2.24, 2.45) is 0 Å². The third-order valence-corrected chi connectivity index (χ3v) is 3.14. The molecule has 0 aliphatic rings. The van der Waals surface area contributed by atoms with Crippen LogP contribution in [0.2, 0.25) is 0 Å². The smallest absolute Gasteiger partial charge is 0.307 e. The summed E-state index contributed by atoms with van der Waals surface area (Å²) in [4.78, 5) is 0. The third kappa shape index (κ3) is 3.67. The molecule has 0 bridgehead atoms. The molecule has 1 aromatic heterocycles. The topological polar surface area (TPSA) is 43.4 Å². The Morgan fingerprint density at radius 3 is 2.79 bits per heavy atom. The highest BCUT2D eigenvalue weighted by Gasteiger charge is 2.10. The summed E-state index contributed by atoms with van der Waals surface area (Å²) < 4.78 is 26.7. The molecule has 5 heteroatoms. The summed E-state index contributed by atoms with van der Waals surface area (Å²) in [5, 5.41) is 2.37. The minimum atomic E-state index is -3.38. The number of hydrogen-bond acceptors (Lipinski definition) is 4. The average Bonchev–Trinajstić information content (AvgIpc) is 2.45. The molecule has 0 radical (unpaired) electrons. The summed E-state index contributed by atoms with van der Waals surface area (Å²) >= 11 is 1.33. The highest BCUT2D eigenvalue weighted by Crippen LogP contribution is 2.28. The second-order valence-corrected chi connectivity index (χ2v) is 5.58.